The zero-order chi connectivity index (χ0) is 17.0. The van der Waals surface area contributed by atoms with Crippen LogP contribution in [-0.4, -0.2) is 18.5 Å². The molecule has 5 heteroatoms. The van der Waals surface area contributed by atoms with Gasteiger partial charge in [-0.15, -0.1) is 0 Å². The van der Waals surface area contributed by atoms with Crippen LogP contribution in [0.4, 0.5) is 10.1 Å². The molecule has 0 aromatic heterocycles. The fourth-order valence-electron chi connectivity index (χ4n) is 2.38. The maximum absolute atomic E-state index is 13.0. The number of anilines is 1. The fraction of sp³-hybridized carbons (Fsp3) is 0.222. The van der Waals surface area contributed by atoms with Crippen molar-refractivity contribution in [1.29, 1.82) is 0 Å². The second-order valence-corrected chi connectivity index (χ2v) is 5.41. The third-order valence-electron chi connectivity index (χ3n) is 3.34. The summed E-state index contributed by atoms with van der Waals surface area (Å²) >= 11 is 0. The van der Waals surface area contributed by atoms with Gasteiger partial charge in [0.05, 0.1) is 5.56 Å². The molecule has 0 unspecified atom stereocenters. The summed E-state index contributed by atoms with van der Waals surface area (Å²) in [6, 6.07) is 9.05. The molecule has 0 aliphatic heterocycles. The Labute approximate surface area is 134 Å². The standard InChI is InChI=1S/C18H18FNO3/c1-11-7-12(2)17(13(3)8-11)20-16(21)10-23-18(22)14-5-4-6-15(19)9-14/h4-9H,10H2,1-3H3,(H,20,21). The smallest absolute Gasteiger partial charge is 0.338 e. The molecule has 0 radical (unpaired) electrons. The predicted octanol–water partition coefficient (Wildman–Crippen LogP) is 3.55. The first-order chi connectivity index (χ1) is 10.9. The average Bonchev–Trinajstić information content (AvgIpc) is 2.48. The van der Waals surface area contributed by atoms with Crippen molar-refractivity contribution in [1.82, 2.24) is 0 Å². The van der Waals surface area contributed by atoms with Crippen LogP contribution in [0.25, 0.3) is 0 Å². The van der Waals surface area contributed by atoms with E-state index in [1.807, 2.05) is 32.9 Å². The molecule has 1 amide bonds. The van der Waals surface area contributed by atoms with Crippen LogP contribution in [0.15, 0.2) is 36.4 Å². The van der Waals surface area contributed by atoms with Gasteiger partial charge in [0.1, 0.15) is 5.82 Å². The molecule has 0 fully saturated rings. The maximum Gasteiger partial charge on any atom is 0.338 e. The van der Waals surface area contributed by atoms with Crippen LogP contribution in [0.2, 0.25) is 0 Å². The summed E-state index contributed by atoms with van der Waals surface area (Å²) in [5, 5.41) is 2.73. The second-order valence-electron chi connectivity index (χ2n) is 5.41. The number of ether oxygens (including phenoxy) is 1. The molecule has 2 aromatic rings. The minimum Gasteiger partial charge on any atom is -0.452 e. The van der Waals surface area contributed by atoms with Crippen LogP contribution in [-0.2, 0) is 9.53 Å². The van der Waals surface area contributed by atoms with Gasteiger partial charge in [-0.05, 0) is 50.1 Å². The minimum absolute atomic E-state index is 0.0699. The third kappa shape index (κ3) is 4.39. The summed E-state index contributed by atoms with van der Waals surface area (Å²) in [7, 11) is 0. The number of aryl methyl sites for hydroxylation is 3. The zero-order valence-corrected chi connectivity index (χ0v) is 13.3. The molecule has 0 atom stereocenters. The van der Waals surface area contributed by atoms with E-state index in [0.717, 1.165) is 22.8 Å². The van der Waals surface area contributed by atoms with Gasteiger partial charge in [0, 0.05) is 5.69 Å². The summed E-state index contributed by atoms with van der Waals surface area (Å²) in [5.74, 6) is -1.71. The molecule has 120 valence electrons. The molecule has 23 heavy (non-hydrogen) atoms. The van der Waals surface area contributed by atoms with Crippen LogP contribution in [0, 0.1) is 26.6 Å². The van der Waals surface area contributed by atoms with E-state index in [2.05, 4.69) is 5.32 Å². The molecule has 0 heterocycles. The Morgan fingerprint density at radius 2 is 1.74 bits per heavy atom. The lowest BCUT2D eigenvalue weighted by Gasteiger charge is -2.13. The summed E-state index contributed by atoms with van der Waals surface area (Å²) < 4.78 is 18.0. The van der Waals surface area contributed by atoms with Crippen LogP contribution in [0.1, 0.15) is 27.0 Å². The van der Waals surface area contributed by atoms with Gasteiger partial charge in [-0.3, -0.25) is 4.79 Å². The number of amides is 1. The van der Waals surface area contributed by atoms with Crippen LogP contribution < -0.4 is 5.32 Å². The van der Waals surface area contributed by atoms with Crippen LogP contribution in [0.3, 0.4) is 0 Å². The van der Waals surface area contributed by atoms with E-state index < -0.39 is 24.3 Å². The van der Waals surface area contributed by atoms with Gasteiger partial charge in [-0.1, -0.05) is 23.8 Å². The van der Waals surface area contributed by atoms with E-state index in [-0.39, 0.29) is 5.56 Å². The largest absolute Gasteiger partial charge is 0.452 e. The zero-order valence-electron chi connectivity index (χ0n) is 13.3. The van der Waals surface area contributed by atoms with Crippen molar-refractivity contribution in [3.63, 3.8) is 0 Å². The highest BCUT2D eigenvalue weighted by Gasteiger charge is 2.13. The van der Waals surface area contributed by atoms with Crippen molar-refractivity contribution in [3.8, 4) is 0 Å². The fourth-order valence-corrected chi connectivity index (χ4v) is 2.38. The SMILES string of the molecule is Cc1cc(C)c(NC(=O)COC(=O)c2cccc(F)c2)c(C)c1. The van der Waals surface area contributed by atoms with Crippen molar-refractivity contribution in [2.75, 3.05) is 11.9 Å². The van der Waals surface area contributed by atoms with E-state index in [1.54, 1.807) is 0 Å². The normalized spacial score (nSPS) is 10.3. The second kappa shape index (κ2) is 7.05. The number of esters is 1. The summed E-state index contributed by atoms with van der Waals surface area (Å²) in [6.07, 6.45) is 0. The van der Waals surface area contributed by atoms with Gasteiger partial charge in [-0.25, -0.2) is 9.18 Å². The van der Waals surface area contributed by atoms with Gasteiger partial charge in [-0.2, -0.15) is 0 Å². The lowest BCUT2D eigenvalue weighted by molar-refractivity contribution is -0.119. The highest BCUT2D eigenvalue weighted by atomic mass is 19.1. The summed E-state index contributed by atoms with van der Waals surface area (Å²) in [6.45, 7) is 5.34. The Morgan fingerprint density at radius 3 is 2.35 bits per heavy atom. The number of carbonyl (C=O) groups excluding carboxylic acids is 2. The van der Waals surface area contributed by atoms with Crippen molar-refractivity contribution in [3.05, 3.63) is 64.5 Å². The van der Waals surface area contributed by atoms with E-state index in [0.29, 0.717) is 5.69 Å². The van der Waals surface area contributed by atoms with Gasteiger partial charge >= 0.3 is 5.97 Å². The monoisotopic (exact) mass is 315 g/mol. The number of carbonyl (C=O) groups is 2. The molecule has 0 saturated heterocycles. The van der Waals surface area contributed by atoms with E-state index in [9.17, 15) is 14.0 Å². The number of hydrogen-bond acceptors (Lipinski definition) is 3. The van der Waals surface area contributed by atoms with Crippen LogP contribution >= 0.6 is 0 Å². The molecule has 0 aliphatic carbocycles. The minimum atomic E-state index is -0.739. The molecule has 2 rings (SSSR count). The topological polar surface area (TPSA) is 55.4 Å². The van der Waals surface area contributed by atoms with E-state index >= 15 is 0 Å². The van der Waals surface area contributed by atoms with Crippen molar-refractivity contribution < 1.29 is 18.7 Å². The lowest BCUT2D eigenvalue weighted by atomic mass is 10.1. The number of rotatable bonds is 4. The van der Waals surface area contributed by atoms with E-state index in [4.69, 9.17) is 4.74 Å². The quantitative estimate of drug-likeness (QED) is 0.878. The molecular weight excluding hydrogens is 297 g/mol. The molecule has 0 spiro atoms. The Bertz CT molecular complexity index is 733. The predicted molar refractivity (Wildman–Crippen MR) is 86.0 cm³/mol. The van der Waals surface area contributed by atoms with Crippen LogP contribution in [0.5, 0.6) is 0 Å². The van der Waals surface area contributed by atoms with Gasteiger partial charge in [0.2, 0.25) is 0 Å². The summed E-state index contributed by atoms with van der Waals surface area (Å²) in [5.41, 5.74) is 3.76. The first kappa shape index (κ1) is 16.7. The Hall–Kier alpha value is -2.69. The van der Waals surface area contributed by atoms with Gasteiger partial charge < -0.3 is 10.1 Å². The Balaban J connectivity index is 1.97. The van der Waals surface area contributed by atoms with Gasteiger partial charge in [0.15, 0.2) is 6.61 Å². The molecule has 0 saturated carbocycles. The number of benzene rings is 2. The number of hydrogen-bond donors (Lipinski definition) is 1. The van der Waals surface area contributed by atoms with Gasteiger partial charge in [0.25, 0.3) is 5.91 Å². The van der Waals surface area contributed by atoms with E-state index in [1.165, 1.54) is 18.2 Å². The first-order valence-corrected chi connectivity index (χ1v) is 7.17. The molecule has 0 aliphatic rings. The maximum atomic E-state index is 13.0. The molecule has 1 N–H and O–H groups in total. The molecule has 0 bridgehead atoms. The summed E-state index contributed by atoms with van der Waals surface area (Å²) in [4.78, 5) is 23.7. The lowest BCUT2D eigenvalue weighted by Crippen LogP contribution is -2.22. The molecule has 4 nitrogen and oxygen atoms in total. The highest BCUT2D eigenvalue weighted by Crippen LogP contribution is 2.21. The number of halogens is 1. The average molecular weight is 315 g/mol. The Morgan fingerprint density at radius 1 is 1.09 bits per heavy atom. The Kier molecular flexibility index (Phi) is 5.11. The first-order valence-electron chi connectivity index (χ1n) is 7.17. The van der Waals surface area contributed by atoms with Crippen molar-refractivity contribution in [2.45, 2.75) is 20.8 Å². The van der Waals surface area contributed by atoms with Crippen molar-refractivity contribution in [2.24, 2.45) is 0 Å². The number of nitrogens with one attached hydrogen (secondary N) is 1. The highest BCUT2D eigenvalue weighted by molar-refractivity contribution is 5.96. The van der Waals surface area contributed by atoms with Crippen molar-refractivity contribution >= 4 is 17.6 Å². The third-order valence-corrected chi connectivity index (χ3v) is 3.34. The molecular formula is C18H18FNO3. The molecule has 2 aromatic carbocycles.